The molecule has 0 bridgehead atoms. The van der Waals surface area contributed by atoms with Crippen LogP contribution in [0, 0.1) is 0 Å². The second-order valence-corrected chi connectivity index (χ2v) is 3.15. The predicted molar refractivity (Wildman–Crippen MR) is 56.2 cm³/mol. The Morgan fingerprint density at radius 2 is 1.77 bits per heavy atom. The molecule has 0 saturated heterocycles. The Bertz CT molecular complexity index is 246. The van der Waals surface area contributed by atoms with Crippen LogP contribution >= 0.6 is 8.73 Å². The summed E-state index contributed by atoms with van der Waals surface area (Å²) in [5.41, 5.74) is 5.32. The standard InChI is InChI=1S/C5H7NP.C5H5.Fe/c6-7-5-3-1-2-4-5;1-2-4-5-3-1;/h1-4,7H,6H2;1-5H;/q2*-1;+2. The molecule has 1 nitrogen and oxygen atoms in total. The molecule has 0 heterocycles. The first-order valence-electron chi connectivity index (χ1n) is 3.78. The van der Waals surface area contributed by atoms with Gasteiger partial charge in [-0.15, -0.1) is 5.30 Å². The molecule has 1 unspecified atom stereocenters. The third-order valence-electron chi connectivity index (χ3n) is 1.38. The number of hydrogen-bond donors (Lipinski definition) is 1. The van der Waals surface area contributed by atoms with E-state index in [9.17, 15) is 0 Å². The van der Waals surface area contributed by atoms with E-state index >= 15 is 0 Å². The van der Waals surface area contributed by atoms with E-state index in [2.05, 4.69) is 0 Å². The maximum Gasteiger partial charge on any atom is 2.00 e. The van der Waals surface area contributed by atoms with Crippen LogP contribution < -0.4 is 10.8 Å². The Balaban J connectivity index is 0.000000215. The van der Waals surface area contributed by atoms with E-state index in [-0.39, 0.29) is 17.1 Å². The van der Waals surface area contributed by atoms with Crippen LogP contribution in [0.5, 0.6) is 0 Å². The number of hydrogen-bond acceptors (Lipinski definition) is 1. The van der Waals surface area contributed by atoms with Crippen molar-refractivity contribution in [2.45, 2.75) is 0 Å². The van der Waals surface area contributed by atoms with E-state index < -0.39 is 0 Å². The summed E-state index contributed by atoms with van der Waals surface area (Å²) < 4.78 is 0. The van der Waals surface area contributed by atoms with Crippen molar-refractivity contribution in [2.75, 3.05) is 0 Å². The van der Waals surface area contributed by atoms with Gasteiger partial charge in [0, 0.05) is 0 Å². The van der Waals surface area contributed by atoms with Gasteiger partial charge >= 0.3 is 17.1 Å². The van der Waals surface area contributed by atoms with Gasteiger partial charge in [-0.05, 0) is 0 Å². The molecule has 0 spiro atoms. The molecule has 2 N–H and O–H groups in total. The molecule has 0 aromatic heterocycles. The minimum atomic E-state index is 0. The van der Waals surface area contributed by atoms with E-state index in [1.807, 2.05) is 54.6 Å². The first kappa shape index (κ1) is 12.6. The van der Waals surface area contributed by atoms with Crippen LogP contribution in [0.15, 0.2) is 54.6 Å². The molecule has 0 aliphatic rings. The van der Waals surface area contributed by atoms with Crippen molar-refractivity contribution in [1.82, 2.24) is 0 Å². The van der Waals surface area contributed by atoms with Crippen LogP contribution in [0.1, 0.15) is 0 Å². The van der Waals surface area contributed by atoms with Crippen molar-refractivity contribution in [2.24, 2.45) is 5.50 Å². The van der Waals surface area contributed by atoms with Crippen molar-refractivity contribution in [3.63, 3.8) is 0 Å². The molecule has 2 aromatic carbocycles. The van der Waals surface area contributed by atoms with Crippen LogP contribution in [0.3, 0.4) is 0 Å². The van der Waals surface area contributed by atoms with Gasteiger partial charge in [0.25, 0.3) is 0 Å². The zero-order valence-electron chi connectivity index (χ0n) is 7.13. The molecular formula is C10H12FeNP. The summed E-state index contributed by atoms with van der Waals surface area (Å²) >= 11 is 0. The number of nitrogens with two attached hydrogens (primary N) is 1. The largest absolute Gasteiger partial charge is 2.00 e. The molecule has 2 rings (SSSR count). The molecule has 2 aromatic rings. The van der Waals surface area contributed by atoms with Gasteiger partial charge in [0.1, 0.15) is 0 Å². The summed E-state index contributed by atoms with van der Waals surface area (Å²) in [5, 5.41) is 1.24. The second kappa shape index (κ2) is 8.22. The summed E-state index contributed by atoms with van der Waals surface area (Å²) in [5.74, 6) is 0. The van der Waals surface area contributed by atoms with E-state index in [0.29, 0.717) is 8.73 Å². The summed E-state index contributed by atoms with van der Waals surface area (Å²) in [7, 11) is 0.454. The van der Waals surface area contributed by atoms with Gasteiger partial charge in [-0.25, -0.2) is 24.3 Å². The minimum absolute atomic E-state index is 0. The van der Waals surface area contributed by atoms with Crippen LogP contribution in [0.25, 0.3) is 0 Å². The molecule has 0 aliphatic carbocycles. The monoisotopic (exact) mass is 233 g/mol. The molecule has 0 amide bonds. The average molecular weight is 233 g/mol. The van der Waals surface area contributed by atoms with Gasteiger partial charge in [0.05, 0.1) is 0 Å². The molecule has 0 saturated carbocycles. The van der Waals surface area contributed by atoms with Crippen LogP contribution in [0.4, 0.5) is 0 Å². The summed E-state index contributed by atoms with van der Waals surface area (Å²) in [6.07, 6.45) is 0. The van der Waals surface area contributed by atoms with Gasteiger partial charge in [-0.2, -0.15) is 30.3 Å². The zero-order valence-corrected chi connectivity index (χ0v) is 9.23. The van der Waals surface area contributed by atoms with Crippen molar-refractivity contribution in [3.8, 4) is 0 Å². The minimum Gasteiger partial charge on any atom is -0.310 e. The number of rotatable bonds is 1. The van der Waals surface area contributed by atoms with Crippen molar-refractivity contribution >= 4 is 14.0 Å². The van der Waals surface area contributed by atoms with E-state index in [4.69, 9.17) is 5.50 Å². The Morgan fingerprint density at radius 3 is 2.00 bits per heavy atom. The molecule has 1 atom stereocenters. The summed E-state index contributed by atoms with van der Waals surface area (Å²) in [4.78, 5) is 0. The Hall–Kier alpha value is -0.391. The van der Waals surface area contributed by atoms with E-state index in [1.165, 1.54) is 5.30 Å². The molecule has 0 radical (unpaired) electrons. The van der Waals surface area contributed by atoms with Gasteiger partial charge in [0.2, 0.25) is 0 Å². The fourth-order valence-electron chi connectivity index (χ4n) is 0.791. The first-order valence-corrected chi connectivity index (χ1v) is 4.86. The zero-order chi connectivity index (χ0) is 8.65. The topological polar surface area (TPSA) is 26.0 Å². The molecule has 13 heavy (non-hydrogen) atoms. The molecule has 3 heteroatoms. The third kappa shape index (κ3) is 5.79. The van der Waals surface area contributed by atoms with Crippen molar-refractivity contribution in [3.05, 3.63) is 54.6 Å². The van der Waals surface area contributed by atoms with E-state index in [1.54, 1.807) is 0 Å². The Kier molecular flexibility index (Phi) is 7.97. The Labute approximate surface area is 91.4 Å². The fourth-order valence-corrected chi connectivity index (χ4v) is 1.18. The van der Waals surface area contributed by atoms with Crippen LogP contribution in [-0.4, -0.2) is 0 Å². The van der Waals surface area contributed by atoms with E-state index in [0.717, 1.165) is 0 Å². The SMILES string of the molecule is NPc1ccc[cH-]1.[Fe+2].c1cc[cH-]c1. The molecule has 0 aliphatic heterocycles. The normalized spacial score (nSPS) is 9.00. The van der Waals surface area contributed by atoms with Crippen molar-refractivity contribution < 1.29 is 17.1 Å². The first-order chi connectivity index (χ1) is 5.93. The molecular weight excluding hydrogens is 221 g/mol. The summed E-state index contributed by atoms with van der Waals surface area (Å²) in [6.45, 7) is 0. The van der Waals surface area contributed by atoms with Gasteiger partial charge < -0.3 is 5.50 Å². The fraction of sp³-hybridized carbons (Fsp3) is 0. The van der Waals surface area contributed by atoms with Gasteiger partial charge in [-0.1, -0.05) is 8.73 Å². The van der Waals surface area contributed by atoms with Gasteiger partial charge in [0.15, 0.2) is 0 Å². The maximum atomic E-state index is 5.32. The predicted octanol–water partition coefficient (Wildman–Crippen LogP) is 1.99. The third-order valence-corrected chi connectivity index (χ3v) is 2.05. The Morgan fingerprint density at radius 1 is 1.08 bits per heavy atom. The molecule has 70 valence electrons. The van der Waals surface area contributed by atoms with Crippen molar-refractivity contribution in [1.29, 1.82) is 0 Å². The van der Waals surface area contributed by atoms with Crippen LogP contribution in [0.2, 0.25) is 0 Å². The second-order valence-electron chi connectivity index (χ2n) is 2.28. The summed E-state index contributed by atoms with van der Waals surface area (Å²) in [6, 6.07) is 18.0. The average Bonchev–Trinajstić information content (AvgIpc) is 2.81. The maximum absolute atomic E-state index is 5.32. The quantitative estimate of drug-likeness (QED) is 0.455. The van der Waals surface area contributed by atoms with Crippen LogP contribution in [-0.2, 0) is 17.1 Å². The molecule has 0 fully saturated rings. The van der Waals surface area contributed by atoms with Gasteiger partial charge in [-0.3, -0.25) is 0 Å². The smallest absolute Gasteiger partial charge is 0.310 e.